The summed E-state index contributed by atoms with van der Waals surface area (Å²) in [5.74, 6) is 0.653. The lowest BCUT2D eigenvalue weighted by atomic mass is 10.0. The van der Waals surface area contributed by atoms with Gasteiger partial charge in [0.2, 0.25) is 5.91 Å². The highest BCUT2D eigenvalue weighted by Gasteiger charge is 2.21. The molecular formula is C22H46N2O. The van der Waals surface area contributed by atoms with Gasteiger partial charge in [-0.25, -0.2) is 0 Å². The van der Waals surface area contributed by atoms with Crippen molar-refractivity contribution in [3.05, 3.63) is 0 Å². The summed E-state index contributed by atoms with van der Waals surface area (Å²) in [5, 5.41) is 0. The fraction of sp³-hybridized carbons (Fsp3) is 0.955. The smallest absolute Gasteiger partial charge is 0.239 e. The predicted octanol–water partition coefficient (Wildman–Crippen LogP) is 5.91. The van der Waals surface area contributed by atoms with Crippen molar-refractivity contribution in [2.24, 2.45) is 11.7 Å². The van der Waals surface area contributed by atoms with E-state index in [0.717, 1.165) is 32.4 Å². The highest BCUT2D eigenvalue weighted by molar-refractivity contribution is 5.81. The molecule has 0 saturated heterocycles. The normalized spacial score (nSPS) is 12.6. The minimum Gasteiger partial charge on any atom is -0.341 e. The first kappa shape index (κ1) is 24.4. The van der Waals surface area contributed by atoms with Gasteiger partial charge in [-0.3, -0.25) is 4.79 Å². The van der Waals surface area contributed by atoms with E-state index >= 15 is 0 Å². The molecule has 0 aliphatic rings. The van der Waals surface area contributed by atoms with E-state index in [1.54, 1.807) is 0 Å². The molecule has 1 amide bonds. The summed E-state index contributed by atoms with van der Waals surface area (Å²) >= 11 is 0. The second-order valence-corrected chi connectivity index (χ2v) is 8.10. The molecule has 0 rings (SSSR count). The lowest BCUT2D eigenvalue weighted by molar-refractivity contribution is -0.133. The van der Waals surface area contributed by atoms with Gasteiger partial charge in [0.1, 0.15) is 0 Å². The maximum atomic E-state index is 12.7. The van der Waals surface area contributed by atoms with Crippen LogP contribution in [0.3, 0.4) is 0 Å². The summed E-state index contributed by atoms with van der Waals surface area (Å²) in [6.45, 7) is 10.6. The Labute approximate surface area is 158 Å². The van der Waals surface area contributed by atoms with Gasteiger partial charge in [-0.2, -0.15) is 0 Å². The van der Waals surface area contributed by atoms with Crippen molar-refractivity contribution in [1.82, 2.24) is 4.90 Å². The maximum absolute atomic E-state index is 12.7. The molecule has 0 fully saturated rings. The van der Waals surface area contributed by atoms with Crippen molar-refractivity contribution in [2.45, 2.75) is 117 Å². The molecule has 0 aliphatic carbocycles. The summed E-state index contributed by atoms with van der Waals surface area (Å²) in [4.78, 5) is 14.8. The van der Waals surface area contributed by atoms with Gasteiger partial charge in [-0.1, -0.05) is 91.9 Å². The van der Waals surface area contributed by atoms with E-state index in [4.69, 9.17) is 5.73 Å². The molecule has 0 spiro atoms. The fourth-order valence-electron chi connectivity index (χ4n) is 3.34. The van der Waals surface area contributed by atoms with E-state index < -0.39 is 0 Å². The van der Waals surface area contributed by atoms with Crippen LogP contribution in [0.1, 0.15) is 111 Å². The zero-order valence-corrected chi connectivity index (χ0v) is 17.7. The molecule has 150 valence electrons. The molecule has 0 aromatic carbocycles. The van der Waals surface area contributed by atoms with Gasteiger partial charge in [0.05, 0.1) is 6.04 Å². The highest BCUT2D eigenvalue weighted by atomic mass is 16.2. The van der Waals surface area contributed by atoms with Crippen LogP contribution in [0.5, 0.6) is 0 Å². The third-order valence-corrected chi connectivity index (χ3v) is 4.92. The molecule has 0 saturated carbocycles. The van der Waals surface area contributed by atoms with Gasteiger partial charge in [-0.15, -0.1) is 0 Å². The molecule has 3 nitrogen and oxygen atoms in total. The summed E-state index contributed by atoms with van der Waals surface area (Å²) in [6, 6.07) is -0.319. The van der Waals surface area contributed by atoms with Crippen molar-refractivity contribution in [3.8, 4) is 0 Å². The molecule has 1 atom stereocenters. The van der Waals surface area contributed by atoms with Gasteiger partial charge in [0, 0.05) is 13.1 Å². The number of carbonyl (C=O) groups excluding carboxylic acids is 1. The molecule has 0 aromatic heterocycles. The van der Waals surface area contributed by atoms with Gasteiger partial charge < -0.3 is 10.6 Å². The van der Waals surface area contributed by atoms with E-state index in [1.807, 2.05) is 0 Å². The Morgan fingerprint density at radius 2 is 1.16 bits per heavy atom. The molecule has 0 radical (unpaired) electrons. The molecule has 0 heterocycles. The van der Waals surface area contributed by atoms with Gasteiger partial charge in [0.15, 0.2) is 0 Å². The standard InChI is InChI=1S/C22H46N2O/c1-5-7-9-11-13-15-17-24(18-16-14-12-10-8-6-2)22(25)21(23)19-20(3)4/h20-21H,5-19,23H2,1-4H3/t21-/m0/s1. The largest absolute Gasteiger partial charge is 0.341 e. The number of nitrogens with two attached hydrogens (primary N) is 1. The van der Waals surface area contributed by atoms with Crippen LogP contribution in [0.2, 0.25) is 0 Å². The summed E-state index contributed by atoms with van der Waals surface area (Å²) in [6.07, 6.45) is 16.0. The van der Waals surface area contributed by atoms with Crippen LogP contribution in [-0.2, 0) is 4.79 Å². The number of rotatable bonds is 17. The van der Waals surface area contributed by atoms with Crippen LogP contribution in [0.15, 0.2) is 0 Å². The Kier molecular flexibility index (Phi) is 16.5. The van der Waals surface area contributed by atoms with Crippen molar-refractivity contribution < 1.29 is 4.79 Å². The number of hydrogen-bond donors (Lipinski definition) is 1. The Balaban J connectivity index is 4.22. The van der Waals surface area contributed by atoms with Crippen molar-refractivity contribution >= 4 is 5.91 Å². The summed E-state index contributed by atoms with van der Waals surface area (Å²) < 4.78 is 0. The average molecular weight is 355 g/mol. The third kappa shape index (κ3) is 14.3. The monoisotopic (exact) mass is 354 g/mol. The summed E-state index contributed by atoms with van der Waals surface area (Å²) in [5.41, 5.74) is 6.17. The van der Waals surface area contributed by atoms with E-state index in [1.165, 1.54) is 64.2 Å². The molecule has 0 aliphatic heterocycles. The van der Waals surface area contributed by atoms with Crippen LogP contribution in [0.25, 0.3) is 0 Å². The van der Waals surface area contributed by atoms with E-state index in [9.17, 15) is 4.79 Å². The Bertz CT molecular complexity index is 288. The van der Waals surface area contributed by atoms with Crippen LogP contribution < -0.4 is 5.73 Å². The zero-order valence-electron chi connectivity index (χ0n) is 17.7. The van der Waals surface area contributed by atoms with Gasteiger partial charge in [-0.05, 0) is 25.2 Å². The third-order valence-electron chi connectivity index (χ3n) is 4.92. The quantitative estimate of drug-likeness (QED) is 0.330. The van der Waals surface area contributed by atoms with Crippen LogP contribution in [0.4, 0.5) is 0 Å². The number of amides is 1. The van der Waals surface area contributed by atoms with Gasteiger partial charge >= 0.3 is 0 Å². The lowest BCUT2D eigenvalue weighted by Crippen LogP contribution is -2.45. The summed E-state index contributed by atoms with van der Waals surface area (Å²) in [7, 11) is 0. The Hall–Kier alpha value is -0.570. The number of hydrogen-bond acceptors (Lipinski definition) is 2. The van der Waals surface area contributed by atoms with Crippen LogP contribution in [-0.4, -0.2) is 29.9 Å². The van der Waals surface area contributed by atoms with Crippen LogP contribution in [0, 0.1) is 5.92 Å². The molecule has 2 N–H and O–H groups in total. The Morgan fingerprint density at radius 3 is 1.56 bits per heavy atom. The maximum Gasteiger partial charge on any atom is 0.239 e. The van der Waals surface area contributed by atoms with Gasteiger partial charge in [0.25, 0.3) is 0 Å². The molecule has 0 aromatic rings. The SMILES string of the molecule is CCCCCCCCN(CCCCCCCC)C(=O)[C@@H](N)CC(C)C. The zero-order chi connectivity index (χ0) is 18.9. The van der Waals surface area contributed by atoms with Crippen molar-refractivity contribution in [2.75, 3.05) is 13.1 Å². The number of unbranched alkanes of at least 4 members (excludes halogenated alkanes) is 10. The number of carbonyl (C=O) groups is 1. The first-order valence-corrected chi connectivity index (χ1v) is 11.1. The van der Waals surface area contributed by atoms with E-state index in [2.05, 4.69) is 32.6 Å². The topological polar surface area (TPSA) is 46.3 Å². The van der Waals surface area contributed by atoms with E-state index in [0.29, 0.717) is 5.92 Å². The molecular weight excluding hydrogens is 308 g/mol. The molecule has 0 bridgehead atoms. The lowest BCUT2D eigenvalue weighted by Gasteiger charge is -2.26. The first-order chi connectivity index (χ1) is 12.0. The Morgan fingerprint density at radius 1 is 0.760 bits per heavy atom. The van der Waals surface area contributed by atoms with Crippen molar-refractivity contribution in [1.29, 1.82) is 0 Å². The van der Waals surface area contributed by atoms with E-state index in [-0.39, 0.29) is 11.9 Å². The molecule has 0 unspecified atom stereocenters. The molecule has 25 heavy (non-hydrogen) atoms. The highest BCUT2D eigenvalue weighted by Crippen LogP contribution is 2.12. The average Bonchev–Trinajstić information content (AvgIpc) is 2.57. The minimum absolute atomic E-state index is 0.177. The van der Waals surface area contributed by atoms with Crippen LogP contribution >= 0.6 is 0 Å². The predicted molar refractivity (Wildman–Crippen MR) is 111 cm³/mol. The second kappa shape index (κ2) is 16.9. The number of nitrogens with zero attached hydrogens (tertiary/aromatic N) is 1. The second-order valence-electron chi connectivity index (χ2n) is 8.10. The van der Waals surface area contributed by atoms with Crippen molar-refractivity contribution in [3.63, 3.8) is 0 Å². The molecule has 3 heteroatoms. The minimum atomic E-state index is -0.319. The first-order valence-electron chi connectivity index (χ1n) is 11.1. The fourth-order valence-corrected chi connectivity index (χ4v) is 3.34.